The van der Waals surface area contributed by atoms with Crippen LogP contribution in [-0.2, 0) is 4.79 Å². The van der Waals surface area contributed by atoms with Gasteiger partial charge in [-0.3, -0.25) is 9.59 Å². The number of carbonyl (C=O) groups is 1. The lowest BCUT2D eigenvalue weighted by Gasteiger charge is -2.06. The number of aromatic nitrogens is 2. The van der Waals surface area contributed by atoms with Crippen molar-refractivity contribution in [3.8, 4) is 11.5 Å². The average Bonchev–Trinajstić information content (AvgIpc) is 2.96. The van der Waals surface area contributed by atoms with Crippen molar-refractivity contribution in [2.45, 2.75) is 4.34 Å². The van der Waals surface area contributed by atoms with Gasteiger partial charge in [0.05, 0.1) is 12.9 Å². The summed E-state index contributed by atoms with van der Waals surface area (Å²) in [6.45, 7) is 0. The van der Waals surface area contributed by atoms with Gasteiger partial charge in [-0.2, -0.15) is 0 Å². The van der Waals surface area contributed by atoms with Crippen LogP contribution < -0.4 is 15.6 Å². The number of thiazole rings is 1. The number of carbonyl (C=O) groups excluding carboxylic acids is 1. The Kier molecular flexibility index (Phi) is 4.72. The highest BCUT2D eigenvalue weighted by atomic mass is 32.2. The largest absolute Gasteiger partial charge is 0.506 e. The summed E-state index contributed by atoms with van der Waals surface area (Å²) in [6, 6.07) is 8.17. The number of pyridine rings is 1. The molecule has 3 rings (SSSR count). The van der Waals surface area contributed by atoms with Crippen molar-refractivity contribution >= 4 is 45.0 Å². The Morgan fingerprint density at radius 3 is 3.08 bits per heavy atom. The summed E-state index contributed by atoms with van der Waals surface area (Å²) in [7, 11) is 1.56. The molecule has 0 aliphatic carbocycles. The molecule has 0 aliphatic heterocycles. The number of ether oxygens (including phenoxy) is 1. The number of aromatic amines is 1. The second kappa shape index (κ2) is 6.93. The number of thioether (sulfide) groups is 1. The van der Waals surface area contributed by atoms with Crippen LogP contribution in [0.3, 0.4) is 0 Å². The molecule has 2 heterocycles. The zero-order chi connectivity index (χ0) is 17.1. The molecule has 124 valence electrons. The number of hydrogen-bond donors (Lipinski definition) is 3. The predicted octanol–water partition coefficient (Wildman–Crippen LogP) is 2.43. The number of methoxy groups -OCH3 is 1. The summed E-state index contributed by atoms with van der Waals surface area (Å²) in [5.74, 6) is 0.511. The Morgan fingerprint density at radius 1 is 1.46 bits per heavy atom. The quantitative estimate of drug-likeness (QED) is 0.602. The number of nitrogens with zero attached hydrogens (tertiary/aromatic N) is 1. The molecule has 0 aliphatic rings. The van der Waals surface area contributed by atoms with Crippen molar-refractivity contribution in [3.05, 3.63) is 40.7 Å². The summed E-state index contributed by atoms with van der Waals surface area (Å²) in [5.41, 5.74) is 0.546. The first kappa shape index (κ1) is 16.3. The van der Waals surface area contributed by atoms with E-state index in [4.69, 9.17) is 4.74 Å². The smallest absolute Gasteiger partial charge is 0.253 e. The lowest BCUT2D eigenvalue weighted by atomic mass is 10.3. The summed E-state index contributed by atoms with van der Waals surface area (Å²) < 4.78 is 6.18. The molecule has 0 unspecified atom stereocenters. The molecular weight excluding hydrogens is 350 g/mol. The predicted molar refractivity (Wildman–Crippen MR) is 94.3 cm³/mol. The fourth-order valence-corrected chi connectivity index (χ4v) is 3.80. The number of anilines is 1. The van der Waals surface area contributed by atoms with E-state index in [-0.39, 0.29) is 17.4 Å². The van der Waals surface area contributed by atoms with Crippen molar-refractivity contribution in [2.75, 3.05) is 18.2 Å². The fourth-order valence-electron chi connectivity index (χ4n) is 1.99. The lowest BCUT2D eigenvalue weighted by molar-refractivity contribution is -0.113. The Balaban J connectivity index is 1.65. The van der Waals surface area contributed by atoms with Crippen LogP contribution >= 0.6 is 23.1 Å². The second-order valence-electron chi connectivity index (χ2n) is 4.75. The molecule has 7 nitrogen and oxygen atoms in total. The molecular formula is C15H13N3O4S2. The van der Waals surface area contributed by atoms with Gasteiger partial charge in [-0.25, -0.2) is 4.98 Å². The van der Waals surface area contributed by atoms with Gasteiger partial charge in [0.15, 0.2) is 9.99 Å². The molecule has 1 aromatic carbocycles. The number of hydrogen-bond acceptors (Lipinski definition) is 7. The monoisotopic (exact) mass is 363 g/mol. The van der Waals surface area contributed by atoms with Gasteiger partial charge < -0.3 is 20.1 Å². The van der Waals surface area contributed by atoms with E-state index in [0.717, 1.165) is 6.07 Å². The number of nitrogens with one attached hydrogen (secondary N) is 2. The highest BCUT2D eigenvalue weighted by Gasteiger charge is 2.12. The molecule has 24 heavy (non-hydrogen) atoms. The molecule has 0 atom stereocenters. The van der Waals surface area contributed by atoms with E-state index in [0.29, 0.717) is 26.1 Å². The Bertz CT molecular complexity index is 951. The Labute approximate surface area is 144 Å². The van der Waals surface area contributed by atoms with Crippen molar-refractivity contribution in [2.24, 2.45) is 0 Å². The lowest BCUT2D eigenvalue weighted by Crippen LogP contribution is -2.13. The fraction of sp³-hybridized carbons (Fsp3) is 0.133. The number of H-pyrrole nitrogens is 1. The zero-order valence-corrected chi connectivity index (χ0v) is 14.2. The van der Waals surface area contributed by atoms with Gasteiger partial charge in [-0.1, -0.05) is 17.8 Å². The average molecular weight is 363 g/mol. The van der Waals surface area contributed by atoms with Crippen molar-refractivity contribution in [1.82, 2.24) is 9.97 Å². The summed E-state index contributed by atoms with van der Waals surface area (Å²) in [6.07, 6.45) is 0. The minimum absolute atomic E-state index is 0.112. The van der Waals surface area contributed by atoms with Gasteiger partial charge in [0.1, 0.15) is 16.2 Å². The molecule has 2 aromatic heterocycles. The Hall–Kier alpha value is -2.52. The van der Waals surface area contributed by atoms with Crippen LogP contribution in [0, 0.1) is 0 Å². The van der Waals surface area contributed by atoms with Crippen molar-refractivity contribution in [3.63, 3.8) is 0 Å². The first-order valence-electron chi connectivity index (χ1n) is 6.84. The van der Waals surface area contributed by atoms with Crippen LogP contribution in [-0.4, -0.2) is 33.8 Å². The Morgan fingerprint density at radius 2 is 2.29 bits per heavy atom. The minimum Gasteiger partial charge on any atom is -0.506 e. The molecule has 0 saturated carbocycles. The maximum Gasteiger partial charge on any atom is 0.253 e. The maximum atomic E-state index is 12.0. The van der Waals surface area contributed by atoms with Crippen LogP contribution in [0.15, 0.2) is 39.5 Å². The number of aromatic hydroxyl groups is 1. The zero-order valence-electron chi connectivity index (χ0n) is 12.5. The third-order valence-corrected chi connectivity index (χ3v) is 5.25. The third kappa shape index (κ3) is 3.69. The molecule has 0 spiro atoms. The van der Waals surface area contributed by atoms with Gasteiger partial charge in [0, 0.05) is 17.8 Å². The number of amides is 1. The van der Waals surface area contributed by atoms with Gasteiger partial charge >= 0.3 is 0 Å². The summed E-state index contributed by atoms with van der Waals surface area (Å²) >= 11 is 2.45. The van der Waals surface area contributed by atoms with E-state index in [1.807, 2.05) is 0 Å². The van der Waals surface area contributed by atoms with Crippen LogP contribution in [0.2, 0.25) is 0 Å². The van der Waals surface area contributed by atoms with E-state index in [9.17, 15) is 14.7 Å². The normalized spacial score (nSPS) is 10.7. The van der Waals surface area contributed by atoms with Crippen LogP contribution in [0.4, 0.5) is 5.69 Å². The number of rotatable bonds is 5. The highest BCUT2D eigenvalue weighted by molar-refractivity contribution is 8.01. The van der Waals surface area contributed by atoms with E-state index >= 15 is 0 Å². The molecule has 0 fully saturated rings. The van der Waals surface area contributed by atoms with E-state index in [1.165, 1.54) is 23.1 Å². The minimum atomic E-state index is -0.419. The first-order chi connectivity index (χ1) is 11.5. The topological polar surface area (TPSA) is 104 Å². The van der Waals surface area contributed by atoms with E-state index < -0.39 is 5.56 Å². The highest BCUT2D eigenvalue weighted by Crippen LogP contribution is 2.32. The molecule has 0 radical (unpaired) electrons. The van der Waals surface area contributed by atoms with Gasteiger partial charge in [-0.15, -0.1) is 11.3 Å². The van der Waals surface area contributed by atoms with Gasteiger partial charge in [-0.05, 0) is 12.1 Å². The molecule has 9 heteroatoms. The van der Waals surface area contributed by atoms with Gasteiger partial charge in [0.25, 0.3) is 5.56 Å². The SMILES string of the molecule is COc1cccc(NC(=O)CSc2nc3[nH]c(=O)cc(O)c3s2)c1. The molecule has 3 N–H and O–H groups in total. The second-order valence-corrected chi connectivity index (χ2v) is 6.97. The summed E-state index contributed by atoms with van der Waals surface area (Å²) in [4.78, 5) is 30.1. The number of fused-ring (bicyclic) bond motifs is 1. The molecule has 0 bridgehead atoms. The summed E-state index contributed by atoms with van der Waals surface area (Å²) in [5, 5.41) is 12.5. The molecule has 0 saturated heterocycles. The standard InChI is InChI=1S/C15H13N3O4S2/c1-22-9-4-2-3-8(5-9)16-12(21)7-23-15-18-14-13(24-15)10(19)6-11(20)17-14/h2-6H,7H2,1H3,(H,16,21)(H2,17,19,20). The van der Waals surface area contributed by atoms with Crippen LogP contribution in [0.25, 0.3) is 10.3 Å². The van der Waals surface area contributed by atoms with Crippen molar-refractivity contribution in [1.29, 1.82) is 0 Å². The van der Waals surface area contributed by atoms with Gasteiger partial charge in [0.2, 0.25) is 5.91 Å². The van der Waals surface area contributed by atoms with E-state index in [2.05, 4.69) is 15.3 Å². The first-order valence-corrected chi connectivity index (χ1v) is 8.65. The molecule has 1 amide bonds. The van der Waals surface area contributed by atoms with Crippen LogP contribution in [0.5, 0.6) is 11.5 Å². The maximum absolute atomic E-state index is 12.0. The molecule has 3 aromatic rings. The van der Waals surface area contributed by atoms with E-state index in [1.54, 1.807) is 31.4 Å². The van der Waals surface area contributed by atoms with Crippen molar-refractivity contribution < 1.29 is 14.6 Å². The number of benzene rings is 1. The van der Waals surface area contributed by atoms with Crippen LogP contribution in [0.1, 0.15) is 0 Å². The third-order valence-electron chi connectivity index (χ3n) is 3.03.